The lowest BCUT2D eigenvalue weighted by Gasteiger charge is -2.19. The van der Waals surface area contributed by atoms with Crippen LogP contribution in [0.4, 0.5) is 10.1 Å². The van der Waals surface area contributed by atoms with Crippen molar-refractivity contribution >= 4 is 23.4 Å². The Morgan fingerprint density at radius 1 is 0.925 bits per heavy atom. The minimum absolute atomic E-state index is 0.201. The largest absolute Gasteiger partial charge is 0.491 e. The van der Waals surface area contributed by atoms with E-state index in [-0.39, 0.29) is 18.3 Å². The number of thioether (sulfide) groups is 1. The first kappa shape index (κ1) is 31.9. The van der Waals surface area contributed by atoms with E-state index in [1.54, 1.807) is 23.9 Å². The SMILES string of the molecule is CCCCCCCCCCCCCCOc1ccc(OCC(=O)Nc2cccc(CN3CSC=C3C)c2)cc1F. The van der Waals surface area contributed by atoms with Crippen molar-refractivity contribution in [1.29, 1.82) is 0 Å². The first-order valence-corrected chi connectivity index (χ1v) is 16.1. The number of hydrogen-bond acceptors (Lipinski definition) is 5. The smallest absolute Gasteiger partial charge is 0.262 e. The first-order chi connectivity index (χ1) is 19.5. The number of anilines is 1. The Balaban J connectivity index is 1.27. The summed E-state index contributed by atoms with van der Waals surface area (Å²) in [6.07, 6.45) is 15.3. The number of hydrogen-bond donors (Lipinski definition) is 1. The van der Waals surface area contributed by atoms with Crippen LogP contribution < -0.4 is 14.8 Å². The van der Waals surface area contributed by atoms with Crippen LogP contribution in [0.15, 0.2) is 53.6 Å². The number of ether oxygens (including phenoxy) is 2. The first-order valence-electron chi connectivity index (χ1n) is 15.0. The van der Waals surface area contributed by atoms with E-state index in [0.29, 0.717) is 18.0 Å². The third-order valence-corrected chi connectivity index (χ3v) is 8.06. The highest BCUT2D eigenvalue weighted by Crippen LogP contribution is 2.26. The van der Waals surface area contributed by atoms with Gasteiger partial charge in [-0.05, 0) is 48.6 Å². The number of amides is 1. The number of carbonyl (C=O) groups excluding carboxylic acids is 1. The molecule has 5 nitrogen and oxygen atoms in total. The molecule has 0 bridgehead atoms. The van der Waals surface area contributed by atoms with Gasteiger partial charge in [0.15, 0.2) is 18.2 Å². The van der Waals surface area contributed by atoms with Gasteiger partial charge in [0.2, 0.25) is 0 Å². The molecule has 1 N–H and O–H groups in total. The lowest BCUT2D eigenvalue weighted by molar-refractivity contribution is -0.118. The molecular formula is C33H47FN2O3S. The van der Waals surface area contributed by atoms with Gasteiger partial charge in [-0.3, -0.25) is 4.79 Å². The number of rotatable bonds is 20. The molecule has 0 saturated carbocycles. The molecule has 0 atom stereocenters. The summed E-state index contributed by atoms with van der Waals surface area (Å²) in [5.74, 6) is 0.688. The third kappa shape index (κ3) is 12.2. The molecule has 2 aromatic rings. The molecule has 220 valence electrons. The number of allylic oxidation sites excluding steroid dienone is 1. The molecule has 0 radical (unpaired) electrons. The van der Waals surface area contributed by atoms with Crippen LogP contribution >= 0.6 is 11.8 Å². The minimum Gasteiger partial charge on any atom is -0.491 e. The molecule has 1 amide bonds. The standard InChI is InChI=1S/C33H47FN2O3S/c1-3-4-5-6-7-8-9-10-11-12-13-14-20-38-32-19-18-30(22-31(32)34)39-24-33(37)35-29-17-15-16-28(21-29)23-36-26-40-25-27(36)2/h15-19,21-22,25H,3-14,20,23-24,26H2,1-2H3,(H,35,37). The van der Waals surface area contributed by atoms with Crippen LogP contribution in [0.25, 0.3) is 0 Å². The van der Waals surface area contributed by atoms with E-state index in [1.807, 2.05) is 24.3 Å². The molecule has 0 aliphatic carbocycles. The van der Waals surface area contributed by atoms with E-state index in [4.69, 9.17) is 9.47 Å². The summed E-state index contributed by atoms with van der Waals surface area (Å²) in [4.78, 5) is 14.7. The summed E-state index contributed by atoms with van der Waals surface area (Å²) in [5.41, 5.74) is 3.09. The molecule has 0 spiro atoms. The van der Waals surface area contributed by atoms with Gasteiger partial charge >= 0.3 is 0 Å². The number of unbranched alkanes of at least 4 members (excludes halogenated alkanes) is 11. The zero-order valence-electron chi connectivity index (χ0n) is 24.4. The molecule has 0 unspecified atom stereocenters. The van der Waals surface area contributed by atoms with Crippen molar-refractivity contribution in [2.24, 2.45) is 0 Å². The molecule has 0 aromatic heterocycles. The summed E-state index contributed by atoms with van der Waals surface area (Å²) in [6.45, 7) is 5.45. The van der Waals surface area contributed by atoms with Crippen LogP contribution in [-0.4, -0.2) is 29.9 Å². The van der Waals surface area contributed by atoms with Crippen LogP contribution in [0.1, 0.15) is 96.5 Å². The predicted molar refractivity (Wildman–Crippen MR) is 165 cm³/mol. The monoisotopic (exact) mass is 570 g/mol. The number of carbonyl (C=O) groups is 1. The van der Waals surface area contributed by atoms with Crippen LogP contribution in [0.3, 0.4) is 0 Å². The fourth-order valence-electron chi connectivity index (χ4n) is 4.72. The van der Waals surface area contributed by atoms with Crippen LogP contribution in [0, 0.1) is 5.82 Å². The molecule has 1 aliphatic rings. The van der Waals surface area contributed by atoms with Gasteiger partial charge in [0.05, 0.1) is 12.5 Å². The van der Waals surface area contributed by atoms with Gasteiger partial charge in [-0.15, -0.1) is 11.8 Å². The minimum atomic E-state index is -0.478. The normalized spacial score (nSPS) is 12.9. The number of nitrogens with one attached hydrogen (secondary N) is 1. The highest BCUT2D eigenvalue weighted by atomic mass is 32.2. The van der Waals surface area contributed by atoms with Crippen molar-refractivity contribution in [3.8, 4) is 11.5 Å². The summed E-state index contributed by atoms with van der Waals surface area (Å²) < 4.78 is 25.7. The highest BCUT2D eigenvalue weighted by Gasteiger charge is 2.13. The van der Waals surface area contributed by atoms with Gasteiger partial charge in [0.25, 0.3) is 5.91 Å². The fraction of sp³-hybridized carbons (Fsp3) is 0.545. The number of benzene rings is 2. The maximum absolute atomic E-state index is 14.5. The van der Waals surface area contributed by atoms with Crippen molar-refractivity contribution in [2.75, 3.05) is 24.4 Å². The molecule has 1 aliphatic heterocycles. The molecule has 40 heavy (non-hydrogen) atoms. The van der Waals surface area contributed by atoms with Crippen molar-refractivity contribution in [3.05, 3.63) is 65.0 Å². The second-order valence-corrected chi connectivity index (χ2v) is 11.4. The van der Waals surface area contributed by atoms with E-state index >= 15 is 0 Å². The van der Waals surface area contributed by atoms with E-state index in [1.165, 1.54) is 76.0 Å². The van der Waals surface area contributed by atoms with Crippen LogP contribution in [0.5, 0.6) is 11.5 Å². The maximum atomic E-state index is 14.5. The van der Waals surface area contributed by atoms with Gasteiger partial charge < -0.3 is 19.7 Å². The zero-order chi connectivity index (χ0) is 28.4. The fourth-order valence-corrected chi connectivity index (χ4v) is 5.66. The van der Waals surface area contributed by atoms with E-state index in [2.05, 4.69) is 29.5 Å². The quantitative estimate of drug-likeness (QED) is 0.161. The van der Waals surface area contributed by atoms with Gasteiger partial charge in [-0.1, -0.05) is 89.7 Å². The summed E-state index contributed by atoms with van der Waals surface area (Å²) in [5, 5.41) is 5.02. The van der Waals surface area contributed by atoms with Gasteiger partial charge in [0, 0.05) is 24.0 Å². The van der Waals surface area contributed by atoms with E-state index in [9.17, 15) is 9.18 Å². The molecule has 2 aromatic carbocycles. The third-order valence-electron chi connectivity index (χ3n) is 7.10. The topological polar surface area (TPSA) is 50.8 Å². The number of halogens is 1. The van der Waals surface area contributed by atoms with Crippen LogP contribution in [-0.2, 0) is 11.3 Å². The average molecular weight is 571 g/mol. The van der Waals surface area contributed by atoms with Crippen molar-refractivity contribution in [1.82, 2.24) is 4.90 Å². The molecule has 3 rings (SSSR count). The molecule has 7 heteroatoms. The summed E-state index contributed by atoms with van der Waals surface area (Å²) >= 11 is 1.78. The van der Waals surface area contributed by atoms with E-state index in [0.717, 1.165) is 30.8 Å². The van der Waals surface area contributed by atoms with Crippen molar-refractivity contribution in [2.45, 2.75) is 97.4 Å². The Morgan fingerprint density at radius 3 is 2.27 bits per heavy atom. The van der Waals surface area contributed by atoms with Crippen LogP contribution in [0.2, 0.25) is 0 Å². The van der Waals surface area contributed by atoms with Crippen molar-refractivity contribution in [3.63, 3.8) is 0 Å². The summed E-state index contributed by atoms with van der Waals surface area (Å²) in [7, 11) is 0. The molecule has 1 heterocycles. The maximum Gasteiger partial charge on any atom is 0.262 e. The molecule has 0 saturated heterocycles. The summed E-state index contributed by atoms with van der Waals surface area (Å²) in [6, 6.07) is 12.3. The van der Waals surface area contributed by atoms with E-state index < -0.39 is 5.82 Å². The number of nitrogens with zero attached hydrogens (tertiary/aromatic N) is 1. The Morgan fingerprint density at radius 2 is 1.62 bits per heavy atom. The predicted octanol–water partition coefficient (Wildman–Crippen LogP) is 9.29. The Bertz CT molecular complexity index is 1060. The lowest BCUT2D eigenvalue weighted by atomic mass is 10.1. The second kappa shape index (κ2) is 18.6. The Hall–Kier alpha value is -2.67. The van der Waals surface area contributed by atoms with Gasteiger partial charge in [-0.25, -0.2) is 4.39 Å². The van der Waals surface area contributed by atoms with Gasteiger partial charge in [0.1, 0.15) is 5.75 Å². The average Bonchev–Trinajstić information content (AvgIpc) is 3.35. The van der Waals surface area contributed by atoms with Crippen molar-refractivity contribution < 1.29 is 18.7 Å². The lowest BCUT2D eigenvalue weighted by Crippen LogP contribution is -2.20. The van der Waals surface area contributed by atoms with Gasteiger partial charge in [-0.2, -0.15) is 0 Å². The Kier molecular flexibility index (Phi) is 14.8. The zero-order valence-corrected chi connectivity index (χ0v) is 25.2. The highest BCUT2D eigenvalue weighted by molar-refractivity contribution is 8.02. The second-order valence-electron chi connectivity index (χ2n) is 10.6. The molecular weight excluding hydrogens is 523 g/mol. The Labute approximate surface area is 244 Å². The molecule has 0 fully saturated rings.